The Labute approximate surface area is 174 Å². The minimum atomic E-state index is -0.581. The smallest absolute Gasteiger partial charge is 0.242 e. The van der Waals surface area contributed by atoms with E-state index in [1.165, 1.54) is 0 Å². The predicted molar refractivity (Wildman–Crippen MR) is 113 cm³/mol. The molecule has 2 rings (SSSR count). The molecule has 0 aliphatic heterocycles. The monoisotopic (exact) mass is 450 g/mol. The lowest BCUT2D eigenvalue weighted by Gasteiger charge is -2.29. The van der Waals surface area contributed by atoms with E-state index in [1.807, 2.05) is 50.2 Å². The SMILES string of the molecule is CC(C)NC(=O)[C@@H](C)N(Cc1ccc(Br)cc1)C(=O)Cc1cccc(Cl)c1. The second-order valence-corrected chi connectivity index (χ2v) is 8.15. The summed E-state index contributed by atoms with van der Waals surface area (Å²) < 4.78 is 0.966. The van der Waals surface area contributed by atoms with Gasteiger partial charge in [0.25, 0.3) is 0 Å². The molecule has 0 saturated heterocycles. The van der Waals surface area contributed by atoms with Gasteiger partial charge in [0.05, 0.1) is 6.42 Å². The molecule has 6 heteroatoms. The molecule has 2 amide bonds. The van der Waals surface area contributed by atoms with E-state index in [2.05, 4.69) is 21.2 Å². The minimum absolute atomic E-state index is 0.0116. The third kappa shape index (κ3) is 6.67. The number of carbonyl (C=O) groups is 2. The zero-order valence-corrected chi connectivity index (χ0v) is 18.0. The Morgan fingerprint density at radius 1 is 1.07 bits per heavy atom. The molecule has 4 nitrogen and oxygen atoms in total. The highest BCUT2D eigenvalue weighted by molar-refractivity contribution is 9.10. The second-order valence-electron chi connectivity index (χ2n) is 6.79. The summed E-state index contributed by atoms with van der Waals surface area (Å²) in [7, 11) is 0. The van der Waals surface area contributed by atoms with E-state index in [0.717, 1.165) is 15.6 Å². The van der Waals surface area contributed by atoms with Crippen molar-refractivity contribution in [3.05, 3.63) is 69.2 Å². The summed E-state index contributed by atoms with van der Waals surface area (Å²) in [6.07, 6.45) is 0.191. The van der Waals surface area contributed by atoms with Crippen LogP contribution in [0.5, 0.6) is 0 Å². The van der Waals surface area contributed by atoms with Crippen molar-refractivity contribution in [3.8, 4) is 0 Å². The number of amides is 2. The molecule has 0 aliphatic rings. The van der Waals surface area contributed by atoms with E-state index >= 15 is 0 Å². The van der Waals surface area contributed by atoms with Crippen molar-refractivity contribution in [2.24, 2.45) is 0 Å². The average molecular weight is 452 g/mol. The van der Waals surface area contributed by atoms with E-state index in [1.54, 1.807) is 24.0 Å². The first kappa shape index (κ1) is 21.5. The molecule has 0 saturated carbocycles. The Balaban J connectivity index is 2.22. The van der Waals surface area contributed by atoms with Gasteiger partial charge in [0, 0.05) is 22.1 Å². The number of nitrogens with one attached hydrogen (secondary N) is 1. The van der Waals surface area contributed by atoms with Crippen molar-refractivity contribution in [1.82, 2.24) is 10.2 Å². The van der Waals surface area contributed by atoms with Crippen LogP contribution in [0.3, 0.4) is 0 Å². The van der Waals surface area contributed by atoms with Crippen molar-refractivity contribution in [1.29, 1.82) is 0 Å². The van der Waals surface area contributed by atoms with Crippen LogP contribution in [0.4, 0.5) is 0 Å². The Morgan fingerprint density at radius 3 is 2.33 bits per heavy atom. The van der Waals surface area contributed by atoms with E-state index in [-0.39, 0.29) is 24.3 Å². The van der Waals surface area contributed by atoms with Crippen molar-refractivity contribution < 1.29 is 9.59 Å². The van der Waals surface area contributed by atoms with Gasteiger partial charge in [-0.15, -0.1) is 0 Å². The van der Waals surface area contributed by atoms with Crippen LogP contribution in [0.1, 0.15) is 31.9 Å². The molecule has 0 spiro atoms. The molecule has 0 fully saturated rings. The molecule has 1 atom stereocenters. The molecule has 144 valence electrons. The lowest BCUT2D eigenvalue weighted by atomic mass is 10.1. The Bertz CT molecular complexity index is 793. The maximum Gasteiger partial charge on any atom is 0.242 e. The van der Waals surface area contributed by atoms with Gasteiger partial charge in [0.2, 0.25) is 11.8 Å². The fourth-order valence-electron chi connectivity index (χ4n) is 2.70. The van der Waals surface area contributed by atoms with Crippen molar-refractivity contribution in [2.75, 3.05) is 0 Å². The molecule has 0 unspecified atom stereocenters. The number of hydrogen-bond donors (Lipinski definition) is 1. The highest BCUT2D eigenvalue weighted by Gasteiger charge is 2.26. The third-order valence-corrected chi connectivity index (χ3v) is 4.87. The summed E-state index contributed by atoms with van der Waals surface area (Å²) >= 11 is 9.44. The maximum absolute atomic E-state index is 13.0. The van der Waals surface area contributed by atoms with Gasteiger partial charge in [0.1, 0.15) is 6.04 Å². The molecule has 0 bridgehead atoms. The summed E-state index contributed by atoms with van der Waals surface area (Å²) in [5.41, 5.74) is 1.78. The highest BCUT2D eigenvalue weighted by atomic mass is 79.9. The van der Waals surface area contributed by atoms with Crippen molar-refractivity contribution in [3.63, 3.8) is 0 Å². The predicted octanol–water partition coefficient (Wildman–Crippen LogP) is 4.59. The highest BCUT2D eigenvalue weighted by Crippen LogP contribution is 2.17. The summed E-state index contributed by atoms with van der Waals surface area (Å²) in [6.45, 7) is 5.92. The zero-order chi connectivity index (χ0) is 20.0. The Morgan fingerprint density at radius 2 is 1.74 bits per heavy atom. The largest absolute Gasteiger partial charge is 0.352 e. The van der Waals surface area contributed by atoms with Crippen molar-refractivity contribution >= 4 is 39.3 Å². The molecule has 0 aliphatic carbocycles. The molecule has 1 N–H and O–H groups in total. The first-order chi connectivity index (χ1) is 12.8. The number of hydrogen-bond acceptors (Lipinski definition) is 2. The molecular formula is C21H24BrClN2O2. The van der Waals surface area contributed by atoms with Gasteiger partial charge in [-0.25, -0.2) is 0 Å². The fourth-order valence-corrected chi connectivity index (χ4v) is 3.17. The fraction of sp³-hybridized carbons (Fsp3) is 0.333. The number of carbonyl (C=O) groups excluding carboxylic acids is 2. The number of rotatable bonds is 7. The topological polar surface area (TPSA) is 49.4 Å². The number of halogens is 2. The normalized spacial score (nSPS) is 11.9. The van der Waals surface area contributed by atoms with Gasteiger partial charge in [0.15, 0.2) is 0 Å². The third-order valence-electron chi connectivity index (χ3n) is 4.11. The van der Waals surface area contributed by atoms with Gasteiger partial charge in [-0.05, 0) is 56.2 Å². The minimum Gasteiger partial charge on any atom is -0.352 e. The molecular weight excluding hydrogens is 428 g/mol. The number of nitrogens with zero attached hydrogens (tertiary/aromatic N) is 1. The number of benzene rings is 2. The maximum atomic E-state index is 13.0. The van der Waals surface area contributed by atoms with Gasteiger partial charge in [-0.1, -0.05) is 51.8 Å². The van der Waals surface area contributed by atoms with E-state index in [4.69, 9.17) is 11.6 Å². The molecule has 0 aromatic heterocycles. The molecule has 2 aromatic carbocycles. The van der Waals surface area contributed by atoms with Crippen LogP contribution < -0.4 is 5.32 Å². The lowest BCUT2D eigenvalue weighted by molar-refractivity contribution is -0.140. The zero-order valence-electron chi connectivity index (χ0n) is 15.7. The molecule has 0 heterocycles. The van der Waals surface area contributed by atoms with Crippen LogP contribution in [0.25, 0.3) is 0 Å². The van der Waals surface area contributed by atoms with Gasteiger partial charge in [-0.2, -0.15) is 0 Å². The first-order valence-corrected chi connectivity index (χ1v) is 10.0. The summed E-state index contributed by atoms with van der Waals surface area (Å²) in [4.78, 5) is 27.2. The standard InChI is InChI=1S/C21H24BrClN2O2/c1-14(2)24-21(27)15(3)25(13-16-7-9-18(22)10-8-16)20(26)12-17-5-4-6-19(23)11-17/h4-11,14-15H,12-13H2,1-3H3,(H,24,27)/t15-/m1/s1. The van der Waals surface area contributed by atoms with Gasteiger partial charge < -0.3 is 10.2 Å². The van der Waals surface area contributed by atoms with E-state index < -0.39 is 6.04 Å². The Hall–Kier alpha value is -1.85. The Kier molecular flexibility index (Phi) is 7.87. The molecule has 0 radical (unpaired) electrons. The van der Waals surface area contributed by atoms with Crippen LogP contribution in [0.2, 0.25) is 5.02 Å². The second kappa shape index (κ2) is 9.90. The van der Waals surface area contributed by atoms with E-state index in [0.29, 0.717) is 11.6 Å². The van der Waals surface area contributed by atoms with Crippen LogP contribution >= 0.6 is 27.5 Å². The summed E-state index contributed by atoms with van der Waals surface area (Å²) in [5.74, 6) is -0.284. The quantitative estimate of drug-likeness (QED) is 0.669. The van der Waals surface area contributed by atoms with Crippen LogP contribution in [-0.4, -0.2) is 28.8 Å². The van der Waals surface area contributed by atoms with Crippen LogP contribution in [-0.2, 0) is 22.6 Å². The molecule has 27 heavy (non-hydrogen) atoms. The van der Waals surface area contributed by atoms with Crippen LogP contribution in [0.15, 0.2) is 53.0 Å². The summed E-state index contributed by atoms with van der Waals surface area (Å²) in [6, 6.07) is 14.4. The van der Waals surface area contributed by atoms with Gasteiger partial charge in [-0.3, -0.25) is 9.59 Å². The van der Waals surface area contributed by atoms with Gasteiger partial charge >= 0.3 is 0 Å². The van der Waals surface area contributed by atoms with E-state index in [9.17, 15) is 9.59 Å². The molecule has 2 aromatic rings. The van der Waals surface area contributed by atoms with Crippen LogP contribution in [0, 0.1) is 0 Å². The lowest BCUT2D eigenvalue weighted by Crippen LogP contribution is -2.49. The van der Waals surface area contributed by atoms with Crippen molar-refractivity contribution in [2.45, 2.75) is 45.8 Å². The average Bonchev–Trinajstić information content (AvgIpc) is 2.60. The summed E-state index contributed by atoms with van der Waals surface area (Å²) in [5, 5.41) is 3.47. The first-order valence-electron chi connectivity index (χ1n) is 8.85.